The number of ether oxygens (including phenoxy) is 1. The van der Waals surface area contributed by atoms with E-state index in [1.54, 1.807) is 17.6 Å². The summed E-state index contributed by atoms with van der Waals surface area (Å²) in [6.07, 6.45) is 1.67. The van der Waals surface area contributed by atoms with E-state index in [-0.39, 0.29) is 12.2 Å². The summed E-state index contributed by atoms with van der Waals surface area (Å²) in [6.45, 7) is 3.97. The maximum absolute atomic E-state index is 12.3. The van der Waals surface area contributed by atoms with E-state index in [1.807, 2.05) is 19.9 Å². The largest absolute Gasteiger partial charge is 0.455 e. The Hall–Kier alpha value is -2.93. The van der Waals surface area contributed by atoms with Crippen LogP contribution >= 0.6 is 11.3 Å². The summed E-state index contributed by atoms with van der Waals surface area (Å²) >= 11 is 1.36. The van der Waals surface area contributed by atoms with Crippen LogP contribution in [-0.4, -0.2) is 20.3 Å². The molecule has 0 unspecified atom stereocenters. The minimum absolute atomic E-state index is 0.0458. The number of thiazole rings is 1. The second kappa shape index (κ2) is 5.86. The van der Waals surface area contributed by atoms with Gasteiger partial charge in [0.05, 0.1) is 5.69 Å². The molecule has 0 aliphatic heterocycles. The zero-order valence-electron chi connectivity index (χ0n) is 13.7. The van der Waals surface area contributed by atoms with Gasteiger partial charge >= 0.3 is 5.97 Å². The van der Waals surface area contributed by atoms with Crippen LogP contribution < -0.4 is 5.56 Å². The predicted molar refractivity (Wildman–Crippen MR) is 96.2 cm³/mol. The van der Waals surface area contributed by atoms with E-state index < -0.39 is 5.97 Å². The lowest BCUT2D eigenvalue weighted by molar-refractivity contribution is 0.0462. The number of carbonyl (C=O) groups excluding carboxylic acids is 1. The quantitative estimate of drug-likeness (QED) is 0.574. The van der Waals surface area contributed by atoms with Crippen LogP contribution in [0.25, 0.3) is 15.9 Å². The Morgan fingerprint density at radius 3 is 2.96 bits per heavy atom. The number of fused-ring (bicyclic) bond motifs is 2. The van der Waals surface area contributed by atoms with Crippen LogP contribution in [0, 0.1) is 13.8 Å². The number of aryl methyl sites for hydroxylation is 2. The summed E-state index contributed by atoms with van der Waals surface area (Å²) in [6, 6.07) is 7.23. The van der Waals surface area contributed by atoms with Gasteiger partial charge in [0.25, 0.3) is 5.56 Å². The number of rotatable bonds is 3. The van der Waals surface area contributed by atoms with Gasteiger partial charge in [-0.05, 0) is 37.1 Å². The second-order valence-corrected chi connectivity index (χ2v) is 6.82. The Kier molecular flexibility index (Phi) is 3.65. The Morgan fingerprint density at radius 2 is 2.12 bits per heavy atom. The van der Waals surface area contributed by atoms with Gasteiger partial charge in [-0.3, -0.25) is 9.20 Å². The Morgan fingerprint density at radius 1 is 1.28 bits per heavy atom. The van der Waals surface area contributed by atoms with Gasteiger partial charge in [-0.2, -0.15) is 0 Å². The summed E-state index contributed by atoms with van der Waals surface area (Å²) in [5.41, 5.74) is 3.76. The SMILES string of the molecule is Cc1cc(C)c2cc(C(=O)OCc3cc(=O)n4ccsc4n3)[nH]c2c1. The molecule has 1 N–H and O–H groups in total. The number of hydrogen-bond acceptors (Lipinski definition) is 5. The Labute approximate surface area is 146 Å². The van der Waals surface area contributed by atoms with Gasteiger partial charge in [0, 0.05) is 28.5 Å². The molecule has 0 saturated carbocycles. The maximum Gasteiger partial charge on any atom is 0.355 e. The van der Waals surface area contributed by atoms with E-state index in [9.17, 15) is 9.59 Å². The number of esters is 1. The van der Waals surface area contributed by atoms with Crippen LogP contribution in [0.4, 0.5) is 0 Å². The number of aromatic amines is 1. The van der Waals surface area contributed by atoms with Gasteiger partial charge in [-0.1, -0.05) is 6.07 Å². The van der Waals surface area contributed by atoms with Crippen molar-refractivity contribution in [1.82, 2.24) is 14.4 Å². The number of hydrogen-bond donors (Lipinski definition) is 1. The fourth-order valence-corrected chi connectivity index (χ4v) is 3.63. The van der Waals surface area contributed by atoms with Crippen LogP contribution in [0.3, 0.4) is 0 Å². The summed E-state index contributed by atoms with van der Waals surface area (Å²) in [5.74, 6) is -0.471. The van der Waals surface area contributed by atoms with Crippen LogP contribution in [0.2, 0.25) is 0 Å². The molecule has 0 spiro atoms. The highest BCUT2D eigenvalue weighted by Gasteiger charge is 2.13. The van der Waals surface area contributed by atoms with Gasteiger partial charge in [0.2, 0.25) is 0 Å². The molecule has 7 heteroatoms. The van der Waals surface area contributed by atoms with Crippen LogP contribution in [0.1, 0.15) is 27.3 Å². The highest BCUT2D eigenvalue weighted by molar-refractivity contribution is 7.15. The minimum Gasteiger partial charge on any atom is -0.455 e. The normalized spacial score (nSPS) is 11.3. The lowest BCUT2D eigenvalue weighted by Crippen LogP contribution is -2.14. The molecular formula is C18H15N3O3S. The Bertz CT molecular complexity index is 1170. The molecule has 4 rings (SSSR count). The van der Waals surface area contributed by atoms with Crippen LogP contribution in [0.5, 0.6) is 0 Å². The van der Waals surface area contributed by atoms with Crippen molar-refractivity contribution in [2.24, 2.45) is 0 Å². The molecule has 0 aliphatic carbocycles. The van der Waals surface area contributed by atoms with Crippen LogP contribution in [-0.2, 0) is 11.3 Å². The lowest BCUT2D eigenvalue weighted by atomic mass is 10.1. The van der Waals surface area contributed by atoms with Gasteiger partial charge in [-0.15, -0.1) is 11.3 Å². The second-order valence-electron chi connectivity index (χ2n) is 5.94. The Balaban J connectivity index is 1.57. The first-order valence-electron chi connectivity index (χ1n) is 7.74. The molecular weight excluding hydrogens is 338 g/mol. The van der Waals surface area contributed by atoms with E-state index in [0.29, 0.717) is 16.3 Å². The van der Waals surface area contributed by atoms with Crippen molar-refractivity contribution in [3.8, 4) is 0 Å². The third-order valence-corrected chi connectivity index (χ3v) is 4.77. The fourth-order valence-electron chi connectivity index (χ4n) is 2.89. The minimum atomic E-state index is -0.471. The first-order valence-corrected chi connectivity index (χ1v) is 8.62. The smallest absolute Gasteiger partial charge is 0.355 e. The van der Waals surface area contributed by atoms with E-state index in [1.165, 1.54) is 21.8 Å². The van der Waals surface area contributed by atoms with Crippen molar-refractivity contribution < 1.29 is 9.53 Å². The summed E-state index contributed by atoms with van der Waals surface area (Å²) in [5, 5.41) is 2.78. The standard InChI is InChI=1S/C18H15N3O3S/c1-10-5-11(2)13-8-15(20-14(13)6-10)17(23)24-9-12-7-16(22)21-3-4-25-18(21)19-12/h3-8,20H,9H2,1-2H3. The number of nitrogens with zero attached hydrogens (tertiary/aromatic N) is 2. The number of benzene rings is 1. The van der Waals surface area contributed by atoms with Gasteiger partial charge in [-0.25, -0.2) is 9.78 Å². The first kappa shape index (κ1) is 15.6. The van der Waals surface area contributed by atoms with Crippen molar-refractivity contribution in [3.05, 3.63) is 68.7 Å². The molecule has 0 amide bonds. The first-order chi connectivity index (χ1) is 12.0. The highest BCUT2D eigenvalue weighted by Crippen LogP contribution is 2.22. The van der Waals surface area contributed by atoms with Crippen molar-refractivity contribution in [2.45, 2.75) is 20.5 Å². The van der Waals surface area contributed by atoms with Crippen molar-refractivity contribution in [1.29, 1.82) is 0 Å². The molecule has 6 nitrogen and oxygen atoms in total. The number of nitrogens with one attached hydrogen (secondary N) is 1. The van der Waals surface area contributed by atoms with E-state index in [0.717, 1.165) is 22.0 Å². The molecule has 126 valence electrons. The predicted octanol–water partition coefficient (Wildman–Crippen LogP) is 3.21. The van der Waals surface area contributed by atoms with Gasteiger partial charge in [0.1, 0.15) is 12.3 Å². The lowest BCUT2D eigenvalue weighted by Gasteiger charge is -2.03. The average molecular weight is 353 g/mol. The van der Waals surface area contributed by atoms with Gasteiger partial charge in [0.15, 0.2) is 4.96 Å². The van der Waals surface area contributed by atoms with Crippen molar-refractivity contribution in [2.75, 3.05) is 0 Å². The number of carbonyl (C=O) groups is 1. The fraction of sp³-hybridized carbons (Fsp3) is 0.167. The molecule has 4 aromatic rings. The zero-order chi connectivity index (χ0) is 17.6. The van der Waals surface area contributed by atoms with Crippen molar-refractivity contribution in [3.63, 3.8) is 0 Å². The molecule has 0 atom stereocenters. The third-order valence-electron chi connectivity index (χ3n) is 4.02. The molecule has 0 radical (unpaired) electrons. The average Bonchev–Trinajstić information content (AvgIpc) is 3.19. The molecule has 0 saturated heterocycles. The highest BCUT2D eigenvalue weighted by atomic mass is 32.1. The summed E-state index contributed by atoms with van der Waals surface area (Å²) in [7, 11) is 0. The van der Waals surface area contributed by atoms with E-state index in [4.69, 9.17) is 4.74 Å². The zero-order valence-corrected chi connectivity index (χ0v) is 14.5. The molecule has 0 aliphatic rings. The van der Waals surface area contributed by atoms with Gasteiger partial charge < -0.3 is 9.72 Å². The number of aromatic nitrogens is 3. The molecule has 1 aromatic carbocycles. The third kappa shape index (κ3) is 2.83. The molecule has 3 heterocycles. The molecule has 3 aromatic heterocycles. The summed E-state index contributed by atoms with van der Waals surface area (Å²) < 4.78 is 6.78. The monoisotopic (exact) mass is 353 g/mol. The maximum atomic E-state index is 12.3. The van der Waals surface area contributed by atoms with Crippen molar-refractivity contribution >= 4 is 33.2 Å². The van der Waals surface area contributed by atoms with E-state index in [2.05, 4.69) is 16.0 Å². The molecule has 0 bridgehead atoms. The summed E-state index contributed by atoms with van der Waals surface area (Å²) in [4.78, 5) is 32.3. The number of H-pyrrole nitrogens is 1. The molecule has 0 fully saturated rings. The molecule has 25 heavy (non-hydrogen) atoms. The van der Waals surface area contributed by atoms with E-state index >= 15 is 0 Å². The van der Waals surface area contributed by atoms with Crippen LogP contribution in [0.15, 0.2) is 40.6 Å². The topological polar surface area (TPSA) is 76.5 Å².